The van der Waals surface area contributed by atoms with Gasteiger partial charge in [-0.1, -0.05) is 13.8 Å². The molecule has 9 nitrogen and oxygen atoms in total. The van der Waals surface area contributed by atoms with Gasteiger partial charge in [-0.3, -0.25) is 0 Å². The molecule has 10 heteroatoms. The van der Waals surface area contributed by atoms with Crippen LogP contribution in [0.4, 0.5) is 26.4 Å². The molecule has 2 aromatic rings. The summed E-state index contributed by atoms with van der Waals surface area (Å²) < 4.78 is 20.5. The van der Waals surface area contributed by atoms with Crippen molar-refractivity contribution in [3.05, 3.63) is 35.9 Å². The van der Waals surface area contributed by atoms with E-state index in [0.717, 1.165) is 13.0 Å². The zero-order chi connectivity index (χ0) is 23.1. The summed E-state index contributed by atoms with van der Waals surface area (Å²) in [6.07, 6.45) is 1.97. The summed E-state index contributed by atoms with van der Waals surface area (Å²) in [6.45, 7) is 5.70. The number of hydrogen-bond acceptors (Lipinski definition) is 7. The quantitative estimate of drug-likeness (QED) is 0.555. The number of benzene rings is 1. The number of hydrogen-bond donors (Lipinski definition) is 3. The lowest BCUT2D eigenvalue weighted by molar-refractivity contribution is 0.0869. The van der Waals surface area contributed by atoms with Crippen molar-refractivity contribution in [1.82, 2.24) is 14.9 Å². The average Bonchev–Trinajstić information content (AvgIpc) is 2.76. The highest BCUT2D eigenvalue weighted by molar-refractivity contribution is 5.67. The zero-order valence-corrected chi connectivity index (χ0v) is 18.1. The molecular weight excluding hydrogens is 415 g/mol. The predicted octanol–water partition coefficient (Wildman–Crippen LogP) is 4.21. The number of amides is 1. The number of nitriles is 1. The minimum atomic E-state index is -0.960. The van der Waals surface area contributed by atoms with Crippen LogP contribution in [0.5, 0.6) is 5.88 Å². The maximum atomic E-state index is 14.6. The highest BCUT2D eigenvalue weighted by Crippen LogP contribution is 2.28. The molecule has 3 N–H and O–H groups in total. The summed E-state index contributed by atoms with van der Waals surface area (Å²) in [4.78, 5) is 20.5. The van der Waals surface area contributed by atoms with Crippen LogP contribution < -0.4 is 15.4 Å². The van der Waals surface area contributed by atoms with Gasteiger partial charge in [0.1, 0.15) is 24.3 Å². The van der Waals surface area contributed by atoms with Crippen molar-refractivity contribution >= 4 is 23.3 Å². The molecule has 1 fully saturated rings. The standard InChI is InChI=1S/C22H27FN6O3/c1-14(2)5-8-25-15-3-4-19(18(23)11-15)28-20-17(12-24)21(27-13-26-20)32-16-6-9-29(10-7-16)22(30)31/h3-4,11,13-14,16,25H,5-10H2,1-2H3,(H,30,31)(H,26,27,28). The second kappa shape index (κ2) is 10.6. The highest BCUT2D eigenvalue weighted by atomic mass is 19.1. The number of aromatic nitrogens is 2. The number of ether oxygens (including phenoxy) is 1. The second-order valence-electron chi connectivity index (χ2n) is 8.03. The van der Waals surface area contributed by atoms with Crippen molar-refractivity contribution in [1.29, 1.82) is 5.26 Å². The molecule has 0 spiro atoms. The Kier molecular flexibility index (Phi) is 7.65. The van der Waals surface area contributed by atoms with Crippen LogP contribution in [0, 0.1) is 23.1 Å². The maximum Gasteiger partial charge on any atom is 0.407 e. The topological polar surface area (TPSA) is 123 Å². The lowest BCUT2D eigenvalue weighted by atomic mass is 10.1. The minimum absolute atomic E-state index is 0.0618. The molecule has 170 valence electrons. The first-order chi connectivity index (χ1) is 15.4. The van der Waals surface area contributed by atoms with Crippen LogP contribution in [0.3, 0.4) is 0 Å². The number of nitrogens with zero attached hydrogens (tertiary/aromatic N) is 4. The van der Waals surface area contributed by atoms with Crippen LogP contribution in [-0.2, 0) is 0 Å². The Balaban J connectivity index is 1.69. The Hall–Kier alpha value is -3.61. The summed E-state index contributed by atoms with van der Waals surface area (Å²) >= 11 is 0. The molecular formula is C22H27FN6O3. The first-order valence-corrected chi connectivity index (χ1v) is 10.6. The van der Waals surface area contributed by atoms with E-state index in [1.165, 1.54) is 17.3 Å². The van der Waals surface area contributed by atoms with Crippen molar-refractivity contribution < 1.29 is 19.0 Å². The summed E-state index contributed by atoms with van der Waals surface area (Å²) in [5.41, 5.74) is 0.913. The summed E-state index contributed by atoms with van der Waals surface area (Å²) in [7, 11) is 0. The van der Waals surface area contributed by atoms with E-state index in [-0.39, 0.29) is 29.1 Å². The number of rotatable bonds is 8. The number of anilines is 3. The van der Waals surface area contributed by atoms with E-state index in [1.807, 2.05) is 6.07 Å². The Morgan fingerprint density at radius 1 is 1.38 bits per heavy atom. The lowest BCUT2D eigenvalue weighted by Crippen LogP contribution is -2.41. The van der Waals surface area contributed by atoms with Gasteiger partial charge in [0.2, 0.25) is 5.88 Å². The normalized spacial score (nSPS) is 14.2. The molecule has 1 aromatic heterocycles. The fraction of sp³-hybridized carbons (Fsp3) is 0.455. The van der Waals surface area contributed by atoms with Gasteiger partial charge in [-0.15, -0.1) is 0 Å². The Morgan fingerprint density at radius 3 is 2.75 bits per heavy atom. The maximum absolute atomic E-state index is 14.6. The number of piperidine rings is 1. The van der Waals surface area contributed by atoms with Crippen LogP contribution in [0.25, 0.3) is 0 Å². The molecule has 32 heavy (non-hydrogen) atoms. The molecule has 1 saturated heterocycles. The molecule has 0 bridgehead atoms. The van der Waals surface area contributed by atoms with Crippen LogP contribution in [-0.4, -0.2) is 51.8 Å². The van der Waals surface area contributed by atoms with Gasteiger partial charge in [-0.05, 0) is 30.5 Å². The fourth-order valence-electron chi connectivity index (χ4n) is 3.34. The Morgan fingerprint density at radius 2 is 2.12 bits per heavy atom. The third kappa shape index (κ3) is 5.97. The van der Waals surface area contributed by atoms with Gasteiger partial charge in [0.25, 0.3) is 0 Å². The van der Waals surface area contributed by atoms with Crippen LogP contribution in [0.2, 0.25) is 0 Å². The van der Waals surface area contributed by atoms with Gasteiger partial charge in [0, 0.05) is 38.2 Å². The van der Waals surface area contributed by atoms with Crippen molar-refractivity contribution in [3.8, 4) is 11.9 Å². The van der Waals surface area contributed by atoms with E-state index in [1.54, 1.807) is 12.1 Å². The van der Waals surface area contributed by atoms with Crippen molar-refractivity contribution in [2.75, 3.05) is 30.3 Å². The van der Waals surface area contributed by atoms with Crippen molar-refractivity contribution in [3.63, 3.8) is 0 Å². The number of likely N-dealkylation sites (tertiary alicyclic amines) is 1. The molecule has 1 aliphatic heterocycles. The van der Waals surface area contributed by atoms with Crippen molar-refractivity contribution in [2.45, 2.75) is 39.2 Å². The van der Waals surface area contributed by atoms with Gasteiger partial charge < -0.3 is 25.4 Å². The smallest absolute Gasteiger partial charge is 0.407 e. The van der Waals surface area contributed by atoms with Crippen LogP contribution in [0.15, 0.2) is 24.5 Å². The lowest BCUT2D eigenvalue weighted by Gasteiger charge is -2.30. The van der Waals surface area contributed by atoms with Gasteiger partial charge >= 0.3 is 6.09 Å². The van der Waals surface area contributed by atoms with E-state index >= 15 is 0 Å². The van der Waals surface area contributed by atoms with E-state index < -0.39 is 11.9 Å². The zero-order valence-electron chi connectivity index (χ0n) is 18.1. The largest absolute Gasteiger partial charge is 0.473 e. The first kappa shape index (κ1) is 23.1. The molecule has 0 aliphatic carbocycles. The third-order valence-corrected chi connectivity index (χ3v) is 5.19. The minimum Gasteiger partial charge on any atom is -0.473 e. The van der Waals surface area contributed by atoms with Crippen LogP contribution >= 0.6 is 0 Å². The van der Waals surface area contributed by atoms with Gasteiger partial charge in [0.05, 0.1) is 5.69 Å². The second-order valence-corrected chi connectivity index (χ2v) is 8.03. The Labute approximate surface area is 186 Å². The molecule has 1 aliphatic rings. The number of carbonyl (C=O) groups is 1. The number of carboxylic acid groups (broad SMARTS) is 1. The predicted molar refractivity (Wildman–Crippen MR) is 118 cm³/mol. The molecule has 1 amide bonds. The SMILES string of the molecule is CC(C)CCNc1ccc(Nc2ncnc(OC3CCN(C(=O)O)CC3)c2C#N)c(F)c1. The molecule has 3 rings (SSSR count). The van der Waals surface area contributed by atoms with E-state index in [0.29, 0.717) is 37.5 Å². The van der Waals surface area contributed by atoms with Crippen molar-refractivity contribution in [2.24, 2.45) is 5.92 Å². The highest BCUT2D eigenvalue weighted by Gasteiger charge is 2.25. The Bertz CT molecular complexity index is 986. The van der Waals surface area contributed by atoms with E-state index in [9.17, 15) is 14.4 Å². The van der Waals surface area contributed by atoms with E-state index in [2.05, 4.69) is 34.4 Å². The number of halogens is 1. The van der Waals surface area contributed by atoms with Gasteiger partial charge in [0.15, 0.2) is 11.4 Å². The summed E-state index contributed by atoms with van der Waals surface area (Å²) in [6, 6.07) is 6.75. The fourth-order valence-corrected chi connectivity index (χ4v) is 3.34. The third-order valence-electron chi connectivity index (χ3n) is 5.19. The molecule has 2 heterocycles. The average molecular weight is 442 g/mol. The summed E-state index contributed by atoms with van der Waals surface area (Å²) in [5, 5.41) is 24.7. The van der Waals surface area contributed by atoms with Gasteiger partial charge in [-0.2, -0.15) is 5.26 Å². The molecule has 1 aromatic carbocycles. The molecule has 0 saturated carbocycles. The van der Waals surface area contributed by atoms with Gasteiger partial charge in [-0.25, -0.2) is 19.2 Å². The molecule has 0 radical (unpaired) electrons. The molecule has 0 atom stereocenters. The monoisotopic (exact) mass is 442 g/mol. The van der Waals surface area contributed by atoms with Crippen LogP contribution in [0.1, 0.15) is 38.7 Å². The summed E-state index contributed by atoms with van der Waals surface area (Å²) in [5.74, 6) is 0.299. The van der Waals surface area contributed by atoms with E-state index in [4.69, 9.17) is 9.84 Å². The number of nitrogens with one attached hydrogen (secondary N) is 2. The molecule has 0 unspecified atom stereocenters. The first-order valence-electron chi connectivity index (χ1n) is 10.6.